The smallest absolute Gasteiger partial charge is 0.407 e. The normalized spacial score (nSPS) is 25.5. The Morgan fingerprint density at radius 3 is 2.36 bits per heavy atom. The first kappa shape index (κ1) is 17.1. The van der Waals surface area contributed by atoms with E-state index in [9.17, 15) is 9.59 Å². The molecule has 0 heterocycles. The first-order valence-electron chi connectivity index (χ1n) is 8.32. The maximum atomic E-state index is 12.2. The van der Waals surface area contributed by atoms with Crippen LogP contribution in [0.3, 0.4) is 0 Å². The fraction of sp³-hybridized carbons (Fsp3) is 0.875. The first-order chi connectivity index (χ1) is 10.3. The predicted molar refractivity (Wildman–Crippen MR) is 84.3 cm³/mol. The number of nitrogens with one attached hydrogen (secondary N) is 1. The molecule has 6 heteroatoms. The van der Waals surface area contributed by atoms with Gasteiger partial charge in [-0.2, -0.15) is 0 Å². The maximum Gasteiger partial charge on any atom is 0.407 e. The molecule has 2 atom stereocenters. The summed E-state index contributed by atoms with van der Waals surface area (Å²) in [6, 6.07) is 0.312. The summed E-state index contributed by atoms with van der Waals surface area (Å²) in [5.41, 5.74) is 5.06. The molecule has 0 aromatic heterocycles. The zero-order valence-electron chi connectivity index (χ0n) is 13.9. The monoisotopic (exact) mass is 311 g/mol. The molecule has 0 aromatic rings. The van der Waals surface area contributed by atoms with Crippen LogP contribution in [0.4, 0.5) is 4.79 Å². The largest absolute Gasteiger partial charge is 0.444 e. The third-order valence-electron chi connectivity index (χ3n) is 4.19. The number of amides is 2. The highest BCUT2D eigenvalue weighted by Gasteiger charge is 2.41. The molecule has 126 valence electrons. The van der Waals surface area contributed by atoms with E-state index < -0.39 is 11.7 Å². The molecule has 2 fully saturated rings. The minimum Gasteiger partial charge on any atom is -0.444 e. The molecule has 0 radical (unpaired) electrons. The molecule has 2 saturated carbocycles. The van der Waals surface area contributed by atoms with Gasteiger partial charge in [0.15, 0.2) is 0 Å². The second-order valence-electron chi connectivity index (χ2n) is 7.34. The van der Waals surface area contributed by atoms with Crippen LogP contribution >= 0.6 is 0 Å². The van der Waals surface area contributed by atoms with Crippen molar-refractivity contribution in [3.8, 4) is 0 Å². The number of ether oxygens (including phenoxy) is 1. The van der Waals surface area contributed by atoms with Crippen LogP contribution in [0.25, 0.3) is 0 Å². The van der Waals surface area contributed by atoms with Crippen molar-refractivity contribution >= 4 is 12.0 Å². The standard InChI is InChI=1S/C16H29N3O3/c1-16(2,3)22-15(21)18-12-6-4-5-7-13(12)19(11-8-9-11)14(20)10-17/h11-13H,4-10,17H2,1-3H3,(H,18,21)/t12-,13+/m0/s1. The molecule has 2 rings (SSSR count). The lowest BCUT2D eigenvalue weighted by Gasteiger charge is -2.40. The first-order valence-corrected chi connectivity index (χ1v) is 8.32. The van der Waals surface area contributed by atoms with Crippen LogP contribution in [0.5, 0.6) is 0 Å². The lowest BCUT2D eigenvalue weighted by atomic mass is 9.89. The zero-order chi connectivity index (χ0) is 16.3. The predicted octanol–water partition coefficient (Wildman–Crippen LogP) is 1.77. The number of carbonyl (C=O) groups excluding carboxylic acids is 2. The average Bonchev–Trinajstić information content (AvgIpc) is 3.23. The van der Waals surface area contributed by atoms with Crippen molar-refractivity contribution in [1.82, 2.24) is 10.2 Å². The molecule has 0 aliphatic heterocycles. The number of hydrogen-bond acceptors (Lipinski definition) is 4. The van der Waals surface area contributed by atoms with Crippen LogP contribution in [-0.4, -0.2) is 47.2 Å². The van der Waals surface area contributed by atoms with E-state index >= 15 is 0 Å². The lowest BCUT2D eigenvalue weighted by Crippen LogP contribution is -2.57. The van der Waals surface area contributed by atoms with Crippen molar-refractivity contribution in [3.63, 3.8) is 0 Å². The van der Waals surface area contributed by atoms with Gasteiger partial charge in [0.25, 0.3) is 0 Å². The number of carbonyl (C=O) groups is 2. The third kappa shape index (κ3) is 4.60. The van der Waals surface area contributed by atoms with E-state index in [0.717, 1.165) is 38.5 Å². The van der Waals surface area contributed by atoms with Crippen molar-refractivity contribution in [1.29, 1.82) is 0 Å². The molecule has 6 nitrogen and oxygen atoms in total. The molecule has 22 heavy (non-hydrogen) atoms. The maximum absolute atomic E-state index is 12.2. The molecule has 0 spiro atoms. The Bertz CT molecular complexity index is 415. The van der Waals surface area contributed by atoms with Crippen LogP contribution in [0.2, 0.25) is 0 Å². The number of rotatable bonds is 4. The summed E-state index contributed by atoms with van der Waals surface area (Å²) in [5.74, 6) is -0.00890. The van der Waals surface area contributed by atoms with Gasteiger partial charge in [-0.05, 0) is 46.5 Å². The number of nitrogens with two attached hydrogens (primary N) is 1. The van der Waals surface area contributed by atoms with Crippen molar-refractivity contribution in [2.24, 2.45) is 5.73 Å². The summed E-state index contributed by atoms with van der Waals surface area (Å²) in [6.45, 7) is 5.57. The fourth-order valence-electron chi connectivity index (χ4n) is 3.19. The molecular formula is C16H29N3O3. The number of hydrogen-bond donors (Lipinski definition) is 2. The number of nitrogens with zero attached hydrogens (tertiary/aromatic N) is 1. The van der Waals surface area contributed by atoms with Crippen molar-refractivity contribution < 1.29 is 14.3 Å². The van der Waals surface area contributed by atoms with Gasteiger partial charge in [-0.3, -0.25) is 4.79 Å². The molecule has 0 aromatic carbocycles. The van der Waals surface area contributed by atoms with Crippen LogP contribution in [0.15, 0.2) is 0 Å². The van der Waals surface area contributed by atoms with Crippen LogP contribution in [-0.2, 0) is 9.53 Å². The van der Waals surface area contributed by atoms with Crippen LogP contribution in [0, 0.1) is 0 Å². The molecule has 2 aliphatic carbocycles. The SMILES string of the molecule is CC(C)(C)OC(=O)N[C@H]1CCCC[C@H]1N(C(=O)CN)C1CC1. The van der Waals surface area contributed by atoms with Crippen LogP contribution < -0.4 is 11.1 Å². The Kier molecular flexibility index (Phi) is 5.32. The van der Waals surface area contributed by atoms with Crippen molar-refractivity contribution in [2.75, 3.05) is 6.54 Å². The molecule has 3 N–H and O–H groups in total. The van der Waals surface area contributed by atoms with Gasteiger partial charge in [-0.1, -0.05) is 12.8 Å². The van der Waals surface area contributed by atoms with Crippen molar-refractivity contribution in [2.45, 2.75) is 83.0 Å². The van der Waals surface area contributed by atoms with Gasteiger partial charge in [-0.25, -0.2) is 4.79 Å². The van der Waals surface area contributed by atoms with Gasteiger partial charge < -0.3 is 20.7 Å². The summed E-state index contributed by atoms with van der Waals surface area (Å²) in [5, 5.41) is 2.97. The van der Waals surface area contributed by atoms with E-state index in [1.54, 1.807) is 0 Å². The summed E-state index contributed by atoms with van der Waals surface area (Å²) in [7, 11) is 0. The molecule has 0 saturated heterocycles. The molecule has 0 unspecified atom stereocenters. The minimum absolute atomic E-state index is 0.00890. The van der Waals surface area contributed by atoms with Gasteiger partial charge in [0, 0.05) is 6.04 Å². The van der Waals surface area contributed by atoms with Crippen molar-refractivity contribution in [3.05, 3.63) is 0 Å². The van der Waals surface area contributed by atoms with Gasteiger partial charge >= 0.3 is 6.09 Å². The second-order valence-corrected chi connectivity index (χ2v) is 7.34. The number of alkyl carbamates (subject to hydrolysis) is 1. The Hall–Kier alpha value is -1.30. The van der Waals surface area contributed by atoms with Gasteiger partial charge in [0.05, 0.1) is 18.6 Å². The molecule has 2 aliphatic rings. The van der Waals surface area contributed by atoms with Gasteiger partial charge in [0.2, 0.25) is 5.91 Å². The zero-order valence-corrected chi connectivity index (χ0v) is 13.9. The van der Waals surface area contributed by atoms with Crippen LogP contribution in [0.1, 0.15) is 59.3 Å². The topological polar surface area (TPSA) is 84.7 Å². The Labute approximate surface area is 132 Å². The highest BCUT2D eigenvalue weighted by molar-refractivity contribution is 5.79. The van der Waals surface area contributed by atoms with Gasteiger partial charge in [-0.15, -0.1) is 0 Å². The van der Waals surface area contributed by atoms with E-state index in [1.807, 2.05) is 25.7 Å². The summed E-state index contributed by atoms with van der Waals surface area (Å²) < 4.78 is 5.35. The fourth-order valence-corrected chi connectivity index (χ4v) is 3.19. The highest BCUT2D eigenvalue weighted by Crippen LogP contribution is 2.34. The average molecular weight is 311 g/mol. The summed E-state index contributed by atoms with van der Waals surface area (Å²) >= 11 is 0. The molecule has 0 bridgehead atoms. The highest BCUT2D eigenvalue weighted by atomic mass is 16.6. The molecular weight excluding hydrogens is 282 g/mol. The lowest BCUT2D eigenvalue weighted by molar-refractivity contribution is -0.134. The Morgan fingerprint density at radius 1 is 1.18 bits per heavy atom. The Balaban J connectivity index is 2.03. The van der Waals surface area contributed by atoms with E-state index in [-0.39, 0.29) is 24.5 Å². The summed E-state index contributed by atoms with van der Waals surface area (Å²) in [4.78, 5) is 26.2. The quantitative estimate of drug-likeness (QED) is 0.828. The van der Waals surface area contributed by atoms with E-state index in [1.165, 1.54) is 0 Å². The summed E-state index contributed by atoms with van der Waals surface area (Å²) in [6.07, 6.45) is 5.63. The minimum atomic E-state index is -0.516. The second kappa shape index (κ2) is 6.86. The molecule has 2 amide bonds. The van der Waals surface area contributed by atoms with E-state index in [2.05, 4.69) is 5.32 Å². The van der Waals surface area contributed by atoms with Gasteiger partial charge in [0.1, 0.15) is 5.60 Å². The van der Waals surface area contributed by atoms with E-state index in [4.69, 9.17) is 10.5 Å². The Morgan fingerprint density at radius 2 is 1.82 bits per heavy atom. The van der Waals surface area contributed by atoms with E-state index in [0.29, 0.717) is 6.04 Å². The third-order valence-corrected chi connectivity index (χ3v) is 4.19.